The van der Waals surface area contributed by atoms with E-state index in [9.17, 15) is 18.0 Å². The summed E-state index contributed by atoms with van der Waals surface area (Å²) in [7, 11) is 1.56. The lowest BCUT2D eigenvalue weighted by Gasteiger charge is -2.16. The standard InChI is InChI=1S/C19H23F3N4O3/c1-13-5-6-14(16(10-13)29-12-19(20,21)22)11-26-18(23-2)25-8-7-24-17(27)15-4-3-9-28-15/h3-6,9-10H,7-8,11-12H2,1-2H3,(H,24,27)(H2,23,25,26). The summed E-state index contributed by atoms with van der Waals surface area (Å²) in [4.78, 5) is 15.8. The van der Waals surface area contributed by atoms with E-state index < -0.39 is 12.8 Å². The average molecular weight is 412 g/mol. The van der Waals surface area contributed by atoms with Crippen molar-refractivity contribution in [1.82, 2.24) is 16.0 Å². The molecule has 2 aromatic rings. The first-order chi connectivity index (χ1) is 13.8. The van der Waals surface area contributed by atoms with Crippen LogP contribution in [0.4, 0.5) is 13.2 Å². The van der Waals surface area contributed by atoms with Crippen LogP contribution in [0.1, 0.15) is 21.7 Å². The number of amides is 1. The van der Waals surface area contributed by atoms with E-state index in [2.05, 4.69) is 20.9 Å². The number of carbonyl (C=O) groups is 1. The minimum absolute atomic E-state index is 0.163. The highest BCUT2D eigenvalue weighted by Crippen LogP contribution is 2.23. The van der Waals surface area contributed by atoms with E-state index in [1.165, 1.54) is 6.26 Å². The van der Waals surface area contributed by atoms with Gasteiger partial charge >= 0.3 is 6.18 Å². The molecule has 0 radical (unpaired) electrons. The first-order valence-electron chi connectivity index (χ1n) is 8.84. The largest absolute Gasteiger partial charge is 0.484 e. The highest BCUT2D eigenvalue weighted by atomic mass is 19.4. The second kappa shape index (κ2) is 10.4. The fraction of sp³-hybridized carbons (Fsp3) is 0.368. The second-order valence-electron chi connectivity index (χ2n) is 6.10. The van der Waals surface area contributed by atoms with Crippen molar-refractivity contribution >= 4 is 11.9 Å². The number of carbonyl (C=O) groups excluding carboxylic acids is 1. The van der Waals surface area contributed by atoms with Gasteiger partial charge in [0.2, 0.25) is 0 Å². The molecular weight excluding hydrogens is 389 g/mol. The molecule has 1 heterocycles. The molecule has 10 heteroatoms. The van der Waals surface area contributed by atoms with Crippen LogP contribution in [-0.2, 0) is 6.54 Å². The lowest BCUT2D eigenvalue weighted by atomic mass is 10.1. The molecule has 0 spiro atoms. The number of nitrogens with zero attached hydrogens (tertiary/aromatic N) is 1. The molecule has 1 aromatic carbocycles. The Bertz CT molecular complexity index is 821. The fourth-order valence-electron chi connectivity index (χ4n) is 2.35. The first-order valence-corrected chi connectivity index (χ1v) is 8.84. The van der Waals surface area contributed by atoms with Crippen LogP contribution in [0.25, 0.3) is 0 Å². The third-order valence-electron chi connectivity index (χ3n) is 3.73. The van der Waals surface area contributed by atoms with Gasteiger partial charge in [0.15, 0.2) is 18.3 Å². The molecule has 0 unspecified atom stereocenters. The Morgan fingerprint density at radius 1 is 1.17 bits per heavy atom. The number of rotatable bonds is 8. The molecule has 158 valence electrons. The number of alkyl halides is 3. The van der Waals surface area contributed by atoms with E-state index in [-0.39, 0.29) is 24.0 Å². The Labute approximate surface area is 166 Å². The second-order valence-corrected chi connectivity index (χ2v) is 6.10. The molecule has 2 rings (SSSR count). The first kappa shape index (κ1) is 22.1. The van der Waals surface area contributed by atoms with Crippen LogP contribution in [0.2, 0.25) is 0 Å². The zero-order chi connectivity index (χ0) is 21.3. The number of guanidine groups is 1. The average Bonchev–Trinajstić information content (AvgIpc) is 3.21. The van der Waals surface area contributed by atoms with Gasteiger partial charge in [-0.05, 0) is 30.7 Å². The number of ether oxygens (including phenoxy) is 1. The summed E-state index contributed by atoms with van der Waals surface area (Å²) in [5.74, 6) is 0.486. The molecule has 7 nitrogen and oxygen atoms in total. The number of hydrogen-bond acceptors (Lipinski definition) is 4. The minimum Gasteiger partial charge on any atom is -0.484 e. The molecule has 29 heavy (non-hydrogen) atoms. The molecule has 0 bridgehead atoms. The summed E-state index contributed by atoms with van der Waals surface area (Å²) >= 11 is 0. The van der Waals surface area contributed by atoms with Crippen LogP contribution >= 0.6 is 0 Å². The van der Waals surface area contributed by atoms with Crippen LogP contribution < -0.4 is 20.7 Å². The van der Waals surface area contributed by atoms with Gasteiger partial charge in [-0.25, -0.2) is 0 Å². The quantitative estimate of drug-likeness (QED) is 0.353. The monoisotopic (exact) mass is 412 g/mol. The predicted octanol–water partition coefficient (Wildman–Crippen LogP) is 2.62. The Balaban J connectivity index is 1.82. The van der Waals surface area contributed by atoms with Crippen molar-refractivity contribution in [3.63, 3.8) is 0 Å². The van der Waals surface area contributed by atoms with Crippen molar-refractivity contribution in [3.05, 3.63) is 53.5 Å². The number of benzene rings is 1. The summed E-state index contributed by atoms with van der Waals surface area (Å²) in [5, 5.41) is 8.68. The van der Waals surface area contributed by atoms with Gasteiger partial charge < -0.3 is 25.1 Å². The summed E-state index contributed by atoms with van der Waals surface area (Å²) < 4.78 is 47.3. The van der Waals surface area contributed by atoms with E-state index in [0.717, 1.165) is 5.56 Å². The normalized spacial score (nSPS) is 11.8. The molecule has 0 saturated carbocycles. The van der Waals surface area contributed by atoms with Crippen LogP contribution in [0.15, 0.2) is 46.0 Å². The van der Waals surface area contributed by atoms with Crippen LogP contribution in [0.5, 0.6) is 5.75 Å². The van der Waals surface area contributed by atoms with Gasteiger partial charge in [-0.15, -0.1) is 0 Å². The Kier molecular flexibility index (Phi) is 7.93. The Hall–Kier alpha value is -3.17. The highest BCUT2D eigenvalue weighted by Gasteiger charge is 2.28. The summed E-state index contributed by atoms with van der Waals surface area (Å²) in [5.41, 5.74) is 1.36. The molecule has 0 saturated heterocycles. The molecule has 0 aliphatic rings. The zero-order valence-electron chi connectivity index (χ0n) is 16.1. The van der Waals surface area contributed by atoms with Gasteiger partial charge in [0.1, 0.15) is 5.75 Å². The van der Waals surface area contributed by atoms with E-state index in [1.54, 1.807) is 44.3 Å². The maximum atomic E-state index is 12.5. The number of aliphatic imine (C=N–C) groups is 1. The van der Waals surface area contributed by atoms with Gasteiger partial charge in [-0.2, -0.15) is 13.2 Å². The van der Waals surface area contributed by atoms with Gasteiger partial charge in [0.05, 0.1) is 6.26 Å². The summed E-state index contributed by atoms with van der Waals surface area (Å²) in [6, 6.07) is 8.23. The van der Waals surface area contributed by atoms with Crippen molar-refractivity contribution in [2.45, 2.75) is 19.6 Å². The van der Waals surface area contributed by atoms with Crippen LogP contribution in [0.3, 0.4) is 0 Å². The molecule has 0 aliphatic heterocycles. The topological polar surface area (TPSA) is 87.9 Å². The lowest BCUT2D eigenvalue weighted by molar-refractivity contribution is -0.153. The van der Waals surface area contributed by atoms with E-state index in [1.807, 2.05) is 0 Å². The van der Waals surface area contributed by atoms with Crippen LogP contribution in [-0.4, -0.2) is 44.8 Å². The fourth-order valence-corrected chi connectivity index (χ4v) is 2.35. The van der Waals surface area contributed by atoms with Crippen molar-refractivity contribution in [3.8, 4) is 5.75 Å². The van der Waals surface area contributed by atoms with Gasteiger partial charge in [-0.1, -0.05) is 12.1 Å². The van der Waals surface area contributed by atoms with Crippen LogP contribution in [0, 0.1) is 6.92 Å². The zero-order valence-corrected chi connectivity index (χ0v) is 16.1. The Morgan fingerprint density at radius 3 is 2.59 bits per heavy atom. The Morgan fingerprint density at radius 2 is 1.93 bits per heavy atom. The smallest absolute Gasteiger partial charge is 0.422 e. The minimum atomic E-state index is -4.41. The highest BCUT2D eigenvalue weighted by molar-refractivity contribution is 5.91. The third kappa shape index (κ3) is 7.76. The molecular formula is C19H23F3N4O3. The molecule has 0 fully saturated rings. The molecule has 0 atom stereocenters. The maximum absolute atomic E-state index is 12.5. The van der Waals surface area contributed by atoms with Crippen molar-refractivity contribution in [2.24, 2.45) is 4.99 Å². The van der Waals surface area contributed by atoms with Crippen molar-refractivity contribution in [1.29, 1.82) is 0 Å². The molecule has 1 amide bonds. The number of aryl methyl sites for hydroxylation is 1. The summed E-state index contributed by atoms with van der Waals surface area (Å²) in [6.45, 7) is 1.34. The van der Waals surface area contributed by atoms with Crippen molar-refractivity contribution < 1.29 is 27.1 Å². The van der Waals surface area contributed by atoms with E-state index >= 15 is 0 Å². The predicted molar refractivity (Wildman–Crippen MR) is 102 cm³/mol. The van der Waals surface area contributed by atoms with Crippen molar-refractivity contribution in [2.75, 3.05) is 26.7 Å². The lowest BCUT2D eigenvalue weighted by Crippen LogP contribution is -2.41. The maximum Gasteiger partial charge on any atom is 0.422 e. The van der Waals surface area contributed by atoms with Gasteiger partial charge in [0, 0.05) is 32.2 Å². The third-order valence-corrected chi connectivity index (χ3v) is 3.73. The molecule has 3 N–H and O–H groups in total. The van der Waals surface area contributed by atoms with E-state index in [0.29, 0.717) is 24.6 Å². The summed E-state index contributed by atoms with van der Waals surface area (Å²) in [6.07, 6.45) is -3.00. The number of furan rings is 1. The number of nitrogens with one attached hydrogen (secondary N) is 3. The SMILES string of the molecule is CN=C(NCCNC(=O)c1ccco1)NCc1ccc(C)cc1OCC(F)(F)F. The number of halogens is 3. The van der Waals surface area contributed by atoms with Gasteiger partial charge in [0.25, 0.3) is 5.91 Å². The molecule has 0 aliphatic carbocycles. The van der Waals surface area contributed by atoms with E-state index in [4.69, 9.17) is 9.15 Å². The number of hydrogen-bond donors (Lipinski definition) is 3. The molecule has 1 aromatic heterocycles. The van der Waals surface area contributed by atoms with Gasteiger partial charge in [-0.3, -0.25) is 9.79 Å².